The van der Waals surface area contributed by atoms with Crippen molar-refractivity contribution in [1.29, 1.82) is 0 Å². The molecule has 3 aromatic rings. The van der Waals surface area contributed by atoms with Crippen molar-refractivity contribution < 1.29 is 4.74 Å². The maximum absolute atomic E-state index is 12.5. The van der Waals surface area contributed by atoms with Crippen LogP contribution in [0.1, 0.15) is 56.0 Å². The number of hydrogen-bond donors (Lipinski definition) is 1. The predicted octanol–water partition coefficient (Wildman–Crippen LogP) is 1.73. The highest BCUT2D eigenvalue weighted by Gasteiger charge is 2.33. The third-order valence-corrected chi connectivity index (χ3v) is 5.40. The van der Waals surface area contributed by atoms with Crippen LogP contribution in [-0.4, -0.2) is 48.6 Å². The molecule has 0 amide bonds. The van der Waals surface area contributed by atoms with Gasteiger partial charge in [0.05, 0.1) is 30.6 Å². The van der Waals surface area contributed by atoms with Crippen LogP contribution >= 0.6 is 0 Å². The molecule has 1 saturated carbocycles. The van der Waals surface area contributed by atoms with Gasteiger partial charge in [0.15, 0.2) is 0 Å². The zero-order chi connectivity index (χ0) is 19.3. The van der Waals surface area contributed by atoms with Crippen LogP contribution in [0.2, 0.25) is 0 Å². The zero-order valence-corrected chi connectivity index (χ0v) is 15.9. The first-order valence-electron chi connectivity index (χ1n) is 9.75. The van der Waals surface area contributed by atoms with Crippen LogP contribution in [0.25, 0.3) is 5.78 Å². The molecule has 1 saturated heterocycles. The number of nitrogens with zero attached hydrogens (tertiary/aromatic N) is 6. The zero-order valence-electron chi connectivity index (χ0n) is 15.9. The molecule has 4 heterocycles. The fourth-order valence-electron chi connectivity index (χ4n) is 3.62. The van der Waals surface area contributed by atoms with Crippen molar-refractivity contribution in [2.24, 2.45) is 0 Å². The van der Waals surface area contributed by atoms with Crippen LogP contribution < -0.4 is 10.9 Å². The van der Waals surface area contributed by atoms with Crippen molar-refractivity contribution in [3.05, 3.63) is 46.3 Å². The molecular formula is C19H23N7O2. The first-order chi connectivity index (χ1) is 13.6. The summed E-state index contributed by atoms with van der Waals surface area (Å²) in [6.45, 7) is 5.12. The van der Waals surface area contributed by atoms with E-state index in [0.717, 1.165) is 30.0 Å². The lowest BCUT2D eigenvalue weighted by atomic mass is 10.1. The second kappa shape index (κ2) is 6.66. The lowest BCUT2D eigenvalue weighted by Crippen LogP contribution is -2.38. The number of nitrogens with one attached hydrogen (secondary N) is 1. The van der Waals surface area contributed by atoms with Gasteiger partial charge in [-0.3, -0.25) is 4.79 Å². The monoisotopic (exact) mass is 381 g/mol. The highest BCUT2D eigenvalue weighted by atomic mass is 16.5. The van der Waals surface area contributed by atoms with E-state index in [1.165, 1.54) is 6.33 Å². The largest absolute Gasteiger partial charge is 0.377 e. The summed E-state index contributed by atoms with van der Waals surface area (Å²) in [6, 6.07) is 5.17. The quantitative estimate of drug-likeness (QED) is 0.718. The number of anilines is 1. The fraction of sp³-hybridized carbons (Fsp3) is 0.526. The van der Waals surface area contributed by atoms with E-state index in [4.69, 9.17) is 4.74 Å². The Morgan fingerprint density at radius 1 is 1.25 bits per heavy atom. The summed E-state index contributed by atoms with van der Waals surface area (Å²) in [5, 5.41) is 12.4. The molecule has 2 atom stereocenters. The van der Waals surface area contributed by atoms with E-state index in [1.54, 1.807) is 15.3 Å². The number of fused-ring (bicyclic) bond motifs is 1. The molecule has 5 rings (SSSR count). The minimum absolute atomic E-state index is 0.102. The Labute approximate surface area is 161 Å². The Kier molecular flexibility index (Phi) is 4.12. The van der Waals surface area contributed by atoms with Gasteiger partial charge in [-0.05, 0) is 24.8 Å². The third-order valence-electron chi connectivity index (χ3n) is 5.40. The smallest absolute Gasteiger partial charge is 0.267 e. The Balaban J connectivity index is 1.49. The second-order valence-corrected chi connectivity index (χ2v) is 7.86. The average Bonchev–Trinajstić information content (AvgIpc) is 3.24. The number of rotatable bonds is 5. The minimum atomic E-state index is -0.180. The number of ether oxygens (including phenoxy) is 1. The van der Waals surface area contributed by atoms with Crippen LogP contribution in [0.15, 0.2) is 29.3 Å². The highest BCUT2D eigenvalue weighted by molar-refractivity contribution is 5.46. The Hall–Kier alpha value is -2.81. The number of hydrogen-bond acceptors (Lipinski definition) is 7. The van der Waals surface area contributed by atoms with Crippen molar-refractivity contribution in [3.8, 4) is 0 Å². The lowest BCUT2D eigenvalue weighted by molar-refractivity contribution is 0.182. The van der Waals surface area contributed by atoms with Gasteiger partial charge in [0.2, 0.25) is 0 Å². The van der Waals surface area contributed by atoms with Crippen molar-refractivity contribution in [1.82, 2.24) is 29.4 Å². The van der Waals surface area contributed by atoms with Crippen molar-refractivity contribution >= 4 is 11.6 Å². The van der Waals surface area contributed by atoms with Gasteiger partial charge in [-0.15, -0.1) is 0 Å². The Bertz CT molecular complexity index is 1070. The summed E-state index contributed by atoms with van der Waals surface area (Å²) in [5.41, 5.74) is 1.83. The Morgan fingerprint density at radius 3 is 2.89 bits per heavy atom. The van der Waals surface area contributed by atoms with E-state index in [-0.39, 0.29) is 23.6 Å². The first-order valence-corrected chi connectivity index (χ1v) is 9.75. The van der Waals surface area contributed by atoms with E-state index < -0.39 is 0 Å². The summed E-state index contributed by atoms with van der Waals surface area (Å²) >= 11 is 0. The van der Waals surface area contributed by atoms with Crippen LogP contribution in [-0.2, 0) is 4.74 Å². The van der Waals surface area contributed by atoms with Gasteiger partial charge in [-0.25, -0.2) is 9.67 Å². The van der Waals surface area contributed by atoms with Crippen molar-refractivity contribution in [2.45, 2.75) is 50.6 Å². The Morgan fingerprint density at radius 2 is 2.11 bits per heavy atom. The normalized spacial score (nSPS) is 22.2. The fourth-order valence-corrected chi connectivity index (χ4v) is 3.62. The van der Waals surface area contributed by atoms with Crippen LogP contribution in [0, 0.1) is 0 Å². The standard InChI is InChI=1S/C19H23N7O2/c1-11(2)14-7-17(26-19(23-14)20-10-21-26)22-15-8-28-9-16(15)25-18(27)6-5-13(24-25)12-3-4-12/h5-7,10-12,15-16,22H,3-4,8-9H2,1-2H3. The maximum Gasteiger partial charge on any atom is 0.267 e. The molecule has 1 aliphatic carbocycles. The van der Waals surface area contributed by atoms with Crippen LogP contribution in [0.5, 0.6) is 0 Å². The van der Waals surface area contributed by atoms with Crippen molar-refractivity contribution in [3.63, 3.8) is 0 Å². The van der Waals surface area contributed by atoms with Gasteiger partial charge in [0.25, 0.3) is 11.3 Å². The van der Waals surface area contributed by atoms with Crippen LogP contribution in [0.3, 0.4) is 0 Å². The summed E-state index contributed by atoms with van der Waals surface area (Å²) in [4.78, 5) is 21.3. The third kappa shape index (κ3) is 3.05. The predicted molar refractivity (Wildman–Crippen MR) is 103 cm³/mol. The average molecular weight is 381 g/mol. The van der Waals surface area contributed by atoms with E-state index in [0.29, 0.717) is 24.9 Å². The van der Waals surface area contributed by atoms with Gasteiger partial charge in [0.1, 0.15) is 18.2 Å². The molecule has 0 aromatic carbocycles. The maximum atomic E-state index is 12.5. The van der Waals surface area contributed by atoms with E-state index in [1.807, 2.05) is 12.1 Å². The molecular weight excluding hydrogens is 358 g/mol. The van der Waals surface area contributed by atoms with Gasteiger partial charge >= 0.3 is 0 Å². The van der Waals surface area contributed by atoms with Gasteiger partial charge in [0, 0.05) is 18.1 Å². The molecule has 1 aliphatic heterocycles. The SMILES string of the molecule is CC(C)c1cc(NC2COCC2n2nc(C3CC3)ccc2=O)n2ncnc2n1. The number of aromatic nitrogens is 6. The van der Waals surface area contributed by atoms with Gasteiger partial charge in [-0.2, -0.15) is 19.7 Å². The molecule has 0 bridgehead atoms. The molecule has 9 nitrogen and oxygen atoms in total. The highest BCUT2D eigenvalue weighted by Crippen LogP contribution is 2.38. The van der Waals surface area contributed by atoms with E-state index in [9.17, 15) is 4.79 Å². The summed E-state index contributed by atoms with van der Waals surface area (Å²) in [6.07, 6.45) is 3.78. The van der Waals surface area contributed by atoms with Crippen LogP contribution in [0.4, 0.5) is 5.82 Å². The molecule has 1 N–H and O–H groups in total. The lowest BCUT2D eigenvalue weighted by Gasteiger charge is -2.22. The molecule has 9 heteroatoms. The molecule has 0 radical (unpaired) electrons. The second-order valence-electron chi connectivity index (χ2n) is 7.86. The molecule has 2 fully saturated rings. The van der Waals surface area contributed by atoms with Gasteiger partial charge < -0.3 is 10.1 Å². The molecule has 146 valence electrons. The first kappa shape index (κ1) is 17.3. The van der Waals surface area contributed by atoms with Gasteiger partial charge in [-0.1, -0.05) is 13.8 Å². The summed E-state index contributed by atoms with van der Waals surface area (Å²) < 4.78 is 8.98. The summed E-state index contributed by atoms with van der Waals surface area (Å²) in [5.74, 6) is 2.09. The molecule has 2 unspecified atom stereocenters. The molecule has 2 aliphatic rings. The van der Waals surface area contributed by atoms with Crippen molar-refractivity contribution in [2.75, 3.05) is 18.5 Å². The minimum Gasteiger partial charge on any atom is -0.377 e. The van der Waals surface area contributed by atoms with E-state index >= 15 is 0 Å². The van der Waals surface area contributed by atoms with E-state index in [2.05, 4.69) is 39.3 Å². The molecule has 3 aromatic heterocycles. The molecule has 28 heavy (non-hydrogen) atoms. The molecule has 0 spiro atoms. The topological polar surface area (TPSA) is 99.2 Å². The summed E-state index contributed by atoms with van der Waals surface area (Å²) in [7, 11) is 0.